The number of benzene rings is 2. The molecule has 1 unspecified atom stereocenters. The van der Waals surface area contributed by atoms with Crippen molar-refractivity contribution in [2.24, 2.45) is 5.73 Å². The van der Waals surface area contributed by atoms with E-state index in [4.69, 9.17) is 5.73 Å². The first kappa shape index (κ1) is 18.8. The number of fused-ring (bicyclic) bond motifs is 1. The van der Waals surface area contributed by atoms with Crippen molar-refractivity contribution in [2.75, 3.05) is 18.9 Å². The molecule has 6 heteroatoms. The lowest BCUT2D eigenvalue weighted by molar-refractivity contribution is 0.100. The summed E-state index contributed by atoms with van der Waals surface area (Å²) in [6.07, 6.45) is 2.53. The number of likely N-dealkylation sites (N-methyl/N-ethyl adjacent to an activating group) is 1. The van der Waals surface area contributed by atoms with Gasteiger partial charge in [-0.15, -0.1) is 0 Å². The number of aromatic nitrogens is 1. The van der Waals surface area contributed by atoms with Gasteiger partial charge in [0.15, 0.2) is 0 Å². The lowest BCUT2D eigenvalue weighted by Crippen LogP contribution is -2.24. The number of nitrogens with one attached hydrogen (secondary N) is 2. The van der Waals surface area contributed by atoms with E-state index in [2.05, 4.69) is 15.6 Å². The standard InChI is InChI=1S/C21H23FN4O/c1-3-13-11-25-20-16(8-5-9-17(20)21(23)27)19(13)26-18(12-24-2)14-6-4-7-15(22)10-14/h4-11,18,24H,3,12H2,1-2H3,(H2,23,27)(H,25,26). The number of aryl methyl sites for hydroxylation is 1. The predicted octanol–water partition coefficient (Wildman–Crippen LogP) is 3.41. The summed E-state index contributed by atoms with van der Waals surface area (Å²) in [6.45, 7) is 2.65. The molecule has 0 bridgehead atoms. The van der Waals surface area contributed by atoms with Crippen LogP contribution >= 0.6 is 0 Å². The van der Waals surface area contributed by atoms with Crippen molar-refractivity contribution in [2.45, 2.75) is 19.4 Å². The quantitative estimate of drug-likeness (QED) is 0.599. The van der Waals surface area contributed by atoms with Gasteiger partial charge in [-0.1, -0.05) is 31.2 Å². The SMILES string of the molecule is CCc1cnc2c(C(N)=O)cccc2c1NC(CNC)c1cccc(F)c1. The molecular weight excluding hydrogens is 343 g/mol. The molecule has 4 N–H and O–H groups in total. The van der Waals surface area contributed by atoms with E-state index in [9.17, 15) is 9.18 Å². The number of amides is 1. The number of pyridine rings is 1. The first-order valence-corrected chi connectivity index (χ1v) is 8.92. The molecule has 0 saturated heterocycles. The van der Waals surface area contributed by atoms with Crippen LogP contribution in [0.5, 0.6) is 0 Å². The van der Waals surface area contributed by atoms with E-state index in [0.717, 1.165) is 28.6 Å². The summed E-state index contributed by atoms with van der Waals surface area (Å²) in [6, 6.07) is 11.8. The van der Waals surface area contributed by atoms with E-state index >= 15 is 0 Å². The van der Waals surface area contributed by atoms with Crippen molar-refractivity contribution in [3.05, 3.63) is 71.2 Å². The number of primary amides is 1. The van der Waals surface area contributed by atoms with Gasteiger partial charge >= 0.3 is 0 Å². The minimum atomic E-state index is -0.514. The van der Waals surface area contributed by atoms with Gasteiger partial charge in [-0.05, 0) is 42.8 Å². The largest absolute Gasteiger partial charge is 0.376 e. The number of hydrogen-bond donors (Lipinski definition) is 3. The van der Waals surface area contributed by atoms with Crippen LogP contribution in [0, 0.1) is 5.82 Å². The Kier molecular flexibility index (Phi) is 5.66. The Hall–Kier alpha value is -2.99. The molecule has 27 heavy (non-hydrogen) atoms. The van der Waals surface area contributed by atoms with E-state index in [-0.39, 0.29) is 11.9 Å². The number of carbonyl (C=O) groups excluding carboxylic acids is 1. The molecule has 1 amide bonds. The number of hydrogen-bond acceptors (Lipinski definition) is 4. The lowest BCUT2D eigenvalue weighted by Gasteiger charge is -2.23. The summed E-state index contributed by atoms with van der Waals surface area (Å²) in [4.78, 5) is 16.2. The van der Waals surface area contributed by atoms with Crippen molar-refractivity contribution in [1.82, 2.24) is 10.3 Å². The third kappa shape index (κ3) is 3.90. The van der Waals surface area contributed by atoms with Crippen molar-refractivity contribution >= 4 is 22.5 Å². The molecule has 0 aliphatic rings. The van der Waals surface area contributed by atoms with Gasteiger partial charge in [0.25, 0.3) is 5.91 Å². The van der Waals surface area contributed by atoms with Gasteiger partial charge in [-0.3, -0.25) is 9.78 Å². The maximum atomic E-state index is 13.7. The van der Waals surface area contributed by atoms with Crippen molar-refractivity contribution in [1.29, 1.82) is 0 Å². The molecule has 1 aromatic heterocycles. The summed E-state index contributed by atoms with van der Waals surface area (Å²) in [5.41, 5.74) is 9.19. The van der Waals surface area contributed by atoms with Gasteiger partial charge in [-0.2, -0.15) is 0 Å². The Morgan fingerprint density at radius 2 is 2.04 bits per heavy atom. The Morgan fingerprint density at radius 1 is 1.26 bits per heavy atom. The summed E-state index contributed by atoms with van der Waals surface area (Å²) in [5, 5.41) is 7.50. The highest BCUT2D eigenvalue weighted by Gasteiger charge is 2.17. The molecule has 0 radical (unpaired) electrons. The van der Waals surface area contributed by atoms with Gasteiger partial charge in [-0.25, -0.2) is 4.39 Å². The highest BCUT2D eigenvalue weighted by atomic mass is 19.1. The molecule has 1 heterocycles. The Bertz CT molecular complexity index is 974. The Morgan fingerprint density at radius 3 is 2.70 bits per heavy atom. The van der Waals surface area contributed by atoms with E-state index in [1.807, 2.05) is 26.1 Å². The minimum Gasteiger partial charge on any atom is -0.376 e. The summed E-state index contributed by atoms with van der Waals surface area (Å²) >= 11 is 0. The van der Waals surface area contributed by atoms with Crippen LogP contribution in [0.25, 0.3) is 10.9 Å². The van der Waals surface area contributed by atoms with Crippen LogP contribution in [0.4, 0.5) is 10.1 Å². The number of rotatable bonds is 7. The van der Waals surface area contributed by atoms with Crippen LogP contribution in [-0.2, 0) is 6.42 Å². The summed E-state index contributed by atoms with van der Waals surface area (Å²) in [5.74, 6) is -0.790. The van der Waals surface area contributed by atoms with Gasteiger partial charge in [0, 0.05) is 23.8 Å². The molecule has 0 spiro atoms. The van der Waals surface area contributed by atoms with Gasteiger partial charge in [0.05, 0.1) is 17.1 Å². The highest BCUT2D eigenvalue weighted by molar-refractivity contribution is 6.08. The van der Waals surface area contributed by atoms with Crippen molar-refractivity contribution < 1.29 is 9.18 Å². The van der Waals surface area contributed by atoms with Gasteiger partial charge in [0.2, 0.25) is 0 Å². The average Bonchev–Trinajstić information content (AvgIpc) is 2.67. The van der Waals surface area contributed by atoms with Crippen LogP contribution in [0.2, 0.25) is 0 Å². The van der Waals surface area contributed by atoms with Gasteiger partial charge < -0.3 is 16.4 Å². The number of nitrogens with zero attached hydrogens (tertiary/aromatic N) is 1. The fourth-order valence-electron chi connectivity index (χ4n) is 3.26. The number of carbonyl (C=O) groups is 1. The van der Waals surface area contributed by atoms with E-state index in [1.165, 1.54) is 12.1 Å². The molecule has 0 fully saturated rings. The van der Waals surface area contributed by atoms with Crippen molar-refractivity contribution in [3.8, 4) is 0 Å². The molecule has 5 nitrogen and oxygen atoms in total. The Labute approximate surface area is 157 Å². The van der Waals surface area contributed by atoms with Crippen LogP contribution < -0.4 is 16.4 Å². The first-order chi connectivity index (χ1) is 13.0. The molecular formula is C21H23FN4O. The normalized spacial score (nSPS) is 12.1. The second-order valence-corrected chi connectivity index (χ2v) is 6.39. The molecule has 3 aromatic rings. The molecule has 0 saturated carbocycles. The highest BCUT2D eigenvalue weighted by Crippen LogP contribution is 2.31. The third-order valence-corrected chi connectivity index (χ3v) is 4.60. The summed E-state index contributed by atoms with van der Waals surface area (Å²) in [7, 11) is 1.85. The van der Waals surface area contributed by atoms with Crippen LogP contribution in [0.1, 0.15) is 34.5 Å². The zero-order chi connectivity index (χ0) is 19.4. The lowest BCUT2D eigenvalue weighted by atomic mass is 10.0. The predicted molar refractivity (Wildman–Crippen MR) is 106 cm³/mol. The maximum Gasteiger partial charge on any atom is 0.250 e. The third-order valence-electron chi connectivity index (χ3n) is 4.60. The smallest absolute Gasteiger partial charge is 0.250 e. The van der Waals surface area contributed by atoms with Gasteiger partial charge in [0.1, 0.15) is 5.82 Å². The minimum absolute atomic E-state index is 0.154. The number of anilines is 1. The van der Waals surface area contributed by atoms with Crippen molar-refractivity contribution in [3.63, 3.8) is 0 Å². The number of halogens is 1. The molecule has 1 atom stereocenters. The van der Waals surface area contributed by atoms with E-state index in [1.54, 1.807) is 24.4 Å². The van der Waals surface area contributed by atoms with E-state index < -0.39 is 5.91 Å². The molecule has 3 rings (SSSR count). The number of nitrogens with two attached hydrogens (primary N) is 1. The molecule has 2 aromatic carbocycles. The fraction of sp³-hybridized carbons (Fsp3) is 0.238. The zero-order valence-electron chi connectivity index (χ0n) is 15.4. The molecule has 0 aliphatic carbocycles. The van der Waals surface area contributed by atoms with E-state index in [0.29, 0.717) is 17.6 Å². The molecule has 140 valence electrons. The van der Waals surface area contributed by atoms with Crippen LogP contribution in [0.3, 0.4) is 0 Å². The Balaban J connectivity index is 2.13. The topological polar surface area (TPSA) is 80.0 Å². The monoisotopic (exact) mass is 366 g/mol. The van der Waals surface area contributed by atoms with Crippen LogP contribution in [-0.4, -0.2) is 24.5 Å². The zero-order valence-corrected chi connectivity index (χ0v) is 15.4. The average molecular weight is 366 g/mol. The van der Waals surface area contributed by atoms with Crippen LogP contribution in [0.15, 0.2) is 48.7 Å². The second-order valence-electron chi connectivity index (χ2n) is 6.39. The first-order valence-electron chi connectivity index (χ1n) is 8.92. The molecule has 0 aliphatic heterocycles. The maximum absolute atomic E-state index is 13.7. The fourth-order valence-corrected chi connectivity index (χ4v) is 3.26. The second kappa shape index (κ2) is 8.14. The number of para-hydroxylation sites is 1. The summed E-state index contributed by atoms with van der Waals surface area (Å²) < 4.78 is 13.7.